The molecule has 0 aliphatic carbocycles. The lowest BCUT2D eigenvalue weighted by molar-refractivity contribution is -0.153. The van der Waals surface area contributed by atoms with Gasteiger partial charge in [-0.1, -0.05) is 203 Å². The molecule has 1 atom stereocenters. The van der Waals surface area contributed by atoms with E-state index in [0.717, 1.165) is 70.3 Å². The molecule has 1 aromatic heterocycles. The zero-order valence-corrected chi connectivity index (χ0v) is 33.1. The van der Waals surface area contributed by atoms with E-state index >= 15 is 0 Å². The van der Waals surface area contributed by atoms with E-state index in [4.69, 9.17) is 15.0 Å². The summed E-state index contributed by atoms with van der Waals surface area (Å²) in [5, 5.41) is 13.9. The molecule has 0 radical (unpaired) electrons. The zero-order valence-electron chi connectivity index (χ0n) is 33.1. The minimum absolute atomic E-state index is 0.0850. The molecule has 0 fully saturated rings. The fourth-order valence-electron chi connectivity index (χ4n) is 7.98. The van der Waals surface area contributed by atoms with Crippen molar-refractivity contribution < 1.29 is 9.53 Å². The second-order valence-corrected chi connectivity index (χ2v) is 14.9. The van der Waals surface area contributed by atoms with Crippen molar-refractivity contribution in [2.45, 2.75) is 64.8 Å². The van der Waals surface area contributed by atoms with Crippen LogP contribution in [0.4, 0.5) is 0 Å². The highest BCUT2D eigenvalue weighted by Gasteiger charge is 2.42. The van der Waals surface area contributed by atoms with E-state index in [9.17, 15) is 4.79 Å². The van der Waals surface area contributed by atoms with Gasteiger partial charge in [0.1, 0.15) is 18.2 Å². The Morgan fingerprint density at radius 1 is 0.649 bits per heavy atom. The maximum Gasteiger partial charge on any atom is 0.323 e. The minimum Gasteiger partial charge on any atom is -0.460 e. The summed E-state index contributed by atoms with van der Waals surface area (Å²) < 4.78 is 7.90. The summed E-state index contributed by atoms with van der Waals surface area (Å²) in [4.78, 5) is 16.0. The highest BCUT2D eigenvalue weighted by molar-refractivity contribution is 5.81. The van der Waals surface area contributed by atoms with E-state index < -0.39 is 5.54 Å². The summed E-state index contributed by atoms with van der Waals surface area (Å²) in [5.41, 5.74) is 7.39. The van der Waals surface area contributed by atoms with Crippen LogP contribution in [0.1, 0.15) is 67.9 Å². The van der Waals surface area contributed by atoms with Gasteiger partial charge in [0.05, 0.1) is 0 Å². The number of hydrogen-bond donors (Lipinski definition) is 0. The van der Waals surface area contributed by atoms with E-state index in [1.54, 1.807) is 0 Å². The standard InChI is InChI=1S/C50H51N5O2/c1-4-5-20-35-54(47(38(2)3)49(56)57-37-40-21-10-6-11-22-40)36-39-31-33-41(34-32-39)45-29-18-19-30-46(45)48-51-52-53-55(48)50(42-23-12-7-13-24-42,43-25-14-8-15-26-43)44-27-16-9-17-28-44/h6-19,21-34,38,47H,4-5,20,35-37H2,1-3H3/t47-/m0/s1. The molecule has 0 N–H and O–H groups in total. The summed E-state index contributed by atoms with van der Waals surface area (Å²) >= 11 is 0. The number of ether oxygens (including phenoxy) is 1. The molecule has 0 spiro atoms. The molecule has 7 nitrogen and oxygen atoms in total. The summed E-state index contributed by atoms with van der Waals surface area (Å²) in [7, 11) is 0. The van der Waals surface area contributed by atoms with Gasteiger partial charge in [-0.2, -0.15) is 0 Å². The summed E-state index contributed by atoms with van der Waals surface area (Å²) in [6.07, 6.45) is 3.23. The third kappa shape index (κ3) is 8.64. The first kappa shape index (κ1) is 39.1. The monoisotopic (exact) mass is 753 g/mol. The number of carbonyl (C=O) groups excluding carboxylic acids is 1. The lowest BCUT2D eigenvalue weighted by atomic mass is 9.77. The van der Waals surface area contributed by atoms with E-state index in [1.807, 2.05) is 59.3 Å². The van der Waals surface area contributed by atoms with Gasteiger partial charge >= 0.3 is 5.97 Å². The average molecular weight is 754 g/mol. The van der Waals surface area contributed by atoms with Crippen LogP contribution in [0.15, 0.2) is 170 Å². The molecule has 0 bridgehead atoms. The molecule has 6 aromatic carbocycles. The van der Waals surface area contributed by atoms with Crippen molar-refractivity contribution >= 4 is 5.97 Å². The van der Waals surface area contributed by atoms with Gasteiger partial charge in [-0.05, 0) is 68.3 Å². The molecule has 288 valence electrons. The summed E-state index contributed by atoms with van der Waals surface area (Å²) in [6.45, 7) is 8.15. The molecule has 7 rings (SSSR count). The van der Waals surface area contributed by atoms with Crippen molar-refractivity contribution in [3.63, 3.8) is 0 Å². The Morgan fingerprint density at radius 2 is 1.18 bits per heavy atom. The van der Waals surface area contributed by atoms with Crippen LogP contribution in [0.5, 0.6) is 0 Å². The molecule has 0 aliphatic heterocycles. The molecule has 7 heteroatoms. The maximum absolute atomic E-state index is 13.7. The molecule has 0 saturated heterocycles. The number of tetrazole rings is 1. The molecule has 57 heavy (non-hydrogen) atoms. The van der Waals surface area contributed by atoms with Gasteiger partial charge in [-0.15, -0.1) is 5.10 Å². The number of esters is 1. The van der Waals surface area contributed by atoms with Gasteiger partial charge in [0.15, 0.2) is 5.82 Å². The number of unbranched alkanes of at least 4 members (excludes halogenated alkanes) is 2. The fraction of sp³-hybridized carbons (Fsp3) is 0.240. The van der Waals surface area contributed by atoms with Crippen molar-refractivity contribution in [1.29, 1.82) is 0 Å². The number of rotatable bonds is 17. The average Bonchev–Trinajstić information content (AvgIpc) is 3.75. The van der Waals surface area contributed by atoms with E-state index in [1.165, 1.54) is 0 Å². The van der Waals surface area contributed by atoms with Crippen molar-refractivity contribution in [3.05, 3.63) is 198 Å². The Morgan fingerprint density at radius 3 is 1.72 bits per heavy atom. The molecule has 7 aromatic rings. The zero-order chi connectivity index (χ0) is 39.5. The smallest absolute Gasteiger partial charge is 0.323 e. The third-order valence-electron chi connectivity index (χ3n) is 10.7. The number of carbonyl (C=O) groups is 1. The Bertz CT molecular complexity index is 2200. The molecular weight excluding hydrogens is 703 g/mol. The van der Waals surface area contributed by atoms with Crippen molar-refractivity contribution in [1.82, 2.24) is 25.1 Å². The van der Waals surface area contributed by atoms with Crippen LogP contribution in [-0.2, 0) is 28.2 Å². The number of nitrogens with zero attached hydrogens (tertiary/aromatic N) is 5. The van der Waals surface area contributed by atoms with Crippen LogP contribution in [0.25, 0.3) is 22.5 Å². The summed E-state index contributed by atoms with van der Waals surface area (Å²) in [5.74, 6) is 0.565. The Balaban J connectivity index is 1.23. The molecule has 0 saturated carbocycles. The second kappa shape index (κ2) is 18.6. The van der Waals surface area contributed by atoms with Crippen LogP contribution in [0, 0.1) is 5.92 Å². The molecule has 0 unspecified atom stereocenters. The van der Waals surface area contributed by atoms with Gasteiger partial charge in [-0.25, -0.2) is 4.68 Å². The van der Waals surface area contributed by atoms with Gasteiger partial charge in [-0.3, -0.25) is 9.69 Å². The number of aromatic nitrogens is 4. The van der Waals surface area contributed by atoms with Crippen LogP contribution >= 0.6 is 0 Å². The topological polar surface area (TPSA) is 73.1 Å². The normalized spacial score (nSPS) is 12.2. The first-order chi connectivity index (χ1) is 28.0. The van der Waals surface area contributed by atoms with Crippen molar-refractivity contribution in [2.75, 3.05) is 6.54 Å². The minimum atomic E-state index is -0.865. The molecule has 0 aliphatic rings. The number of hydrogen-bond acceptors (Lipinski definition) is 6. The van der Waals surface area contributed by atoms with Crippen LogP contribution in [0.2, 0.25) is 0 Å². The first-order valence-electron chi connectivity index (χ1n) is 20.1. The summed E-state index contributed by atoms with van der Waals surface area (Å²) in [6, 6.07) is 58.0. The highest BCUT2D eigenvalue weighted by Crippen LogP contribution is 2.43. The van der Waals surface area contributed by atoms with Crippen LogP contribution in [0.3, 0.4) is 0 Å². The van der Waals surface area contributed by atoms with E-state index in [0.29, 0.717) is 12.4 Å². The van der Waals surface area contributed by atoms with Crippen molar-refractivity contribution in [3.8, 4) is 22.5 Å². The van der Waals surface area contributed by atoms with Crippen molar-refractivity contribution in [2.24, 2.45) is 5.92 Å². The van der Waals surface area contributed by atoms with E-state index in [2.05, 4.69) is 146 Å². The third-order valence-corrected chi connectivity index (χ3v) is 10.7. The van der Waals surface area contributed by atoms with Crippen LogP contribution in [-0.4, -0.2) is 43.7 Å². The predicted octanol–water partition coefficient (Wildman–Crippen LogP) is 10.6. The molecular formula is C50H51N5O2. The largest absolute Gasteiger partial charge is 0.460 e. The van der Waals surface area contributed by atoms with Gasteiger partial charge in [0, 0.05) is 12.1 Å². The SMILES string of the molecule is CCCCCN(Cc1ccc(-c2ccccc2-c2nnnn2C(c2ccccc2)(c2ccccc2)c2ccccc2)cc1)[C@H](C(=O)OCc1ccccc1)C(C)C. The quantitative estimate of drug-likeness (QED) is 0.0524. The Labute approximate surface area is 337 Å². The first-order valence-corrected chi connectivity index (χ1v) is 20.1. The highest BCUT2D eigenvalue weighted by atomic mass is 16.5. The second-order valence-electron chi connectivity index (χ2n) is 14.9. The predicted molar refractivity (Wildman–Crippen MR) is 228 cm³/mol. The lowest BCUT2D eigenvalue weighted by Gasteiger charge is -2.36. The maximum atomic E-state index is 13.7. The Hall–Kier alpha value is -6.18. The molecule has 0 amide bonds. The molecule has 1 heterocycles. The van der Waals surface area contributed by atoms with E-state index in [-0.39, 0.29) is 24.5 Å². The van der Waals surface area contributed by atoms with Crippen LogP contribution < -0.4 is 0 Å². The number of benzene rings is 6. The fourth-order valence-corrected chi connectivity index (χ4v) is 7.98. The Kier molecular flexibility index (Phi) is 12.8. The van der Waals surface area contributed by atoms with Gasteiger partial charge in [0.25, 0.3) is 0 Å². The van der Waals surface area contributed by atoms with Gasteiger partial charge < -0.3 is 4.74 Å². The van der Waals surface area contributed by atoms with Gasteiger partial charge in [0.2, 0.25) is 0 Å². The lowest BCUT2D eigenvalue weighted by Crippen LogP contribution is -2.45.